The molecule has 0 aliphatic carbocycles. The molecule has 1 amide bonds. The van der Waals surface area contributed by atoms with Crippen LogP contribution in [0, 0.1) is 0 Å². The van der Waals surface area contributed by atoms with Gasteiger partial charge in [0.05, 0.1) is 18.0 Å². The fourth-order valence-corrected chi connectivity index (χ4v) is 1.63. The number of hydrogen-bond donors (Lipinski definition) is 2. The zero-order chi connectivity index (χ0) is 15.0. The van der Waals surface area contributed by atoms with E-state index in [2.05, 4.69) is 10.1 Å². The van der Waals surface area contributed by atoms with Crippen molar-refractivity contribution in [3.8, 4) is 0 Å². The summed E-state index contributed by atoms with van der Waals surface area (Å²) < 4.78 is 28.2. The number of alkyl halides is 2. The summed E-state index contributed by atoms with van der Waals surface area (Å²) in [7, 11) is 0. The lowest BCUT2D eigenvalue weighted by Crippen LogP contribution is -2.15. The first-order chi connectivity index (χ1) is 9.47. The average Bonchev–Trinajstić information content (AvgIpc) is 2.36. The Morgan fingerprint density at radius 3 is 2.55 bits per heavy atom. The number of amides is 1. The smallest absolute Gasteiger partial charge is 0.261 e. The van der Waals surface area contributed by atoms with Gasteiger partial charge in [-0.25, -0.2) is 8.78 Å². The number of carbonyl (C=O) groups is 1. The van der Waals surface area contributed by atoms with Gasteiger partial charge in [-0.1, -0.05) is 24.4 Å². The Balaban J connectivity index is 2.33. The Kier molecular flexibility index (Phi) is 7.03. The number of hydrogen-bond acceptors (Lipinski definition) is 3. The molecule has 1 aromatic carbocycles. The molecule has 1 aromatic rings. The molecule has 7 heteroatoms. The van der Waals surface area contributed by atoms with Gasteiger partial charge in [-0.2, -0.15) is 0 Å². The van der Waals surface area contributed by atoms with Crippen molar-refractivity contribution < 1.29 is 18.3 Å². The molecule has 0 aromatic heterocycles. The monoisotopic (exact) mass is 302 g/mol. The van der Waals surface area contributed by atoms with Crippen LogP contribution in [0.5, 0.6) is 0 Å². The second-order valence-electron chi connectivity index (χ2n) is 4.10. The van der Waals surface area contributed by atoms with Crippen LogP contribution >= 0.6 is 12.2 Å². The highest BCUT2D eigenvalue weighted by atomic mass is 32.1. The largest absolute Gasteiger partial charge is 0.393 e. The van der Waals surface area contributed by atoms with E-state index in [4.69, 9.17) is 18.0 Å². The molecule has 0 fully saturated rings. The summed E-state index contributed by atoms with van der Waals surface area (Å²) in [5.74, 6) is -0.290. The molecule has 0 saturated carbocycles. The normalized spacial score (nSPS) is 10.6. The highest BCUT2D eigenvalue weighted by Crippen LogP contribution is 2.10. The van der Waals surface area contributed by atoms with Gasteiger partial charge in [0.25, 0.3) is 6.43 Å². The molecule has 0 radical (unpaired) electrons. The van der Waals surface area contributed by atoms with Crippen molar-refractivity contribution in [3.05, 3.63) is 29.8 Å². The maximum Gasteiger partial charge on any atom is 0.261 e. The van der Waals surface area contributed by atoms with Gasteiger partial charge in [-0.3, -0.25) is 4.79 Å². The van der Waals surface area contributed by atoms with Crippen LogP contribution in [-0.4, -0.2) is 30.5 Å². The van der Waals surface area contributed by atoms with Crippen molar-refractivity contribution in [3.63, 3.8) is 0 Å². The van der Waals surface area contributed by atoms with E-state index in [9.17, 15) is 13.6 Å². The van der Waals surface area contributed by atoms with Crippen LogP contribution in [0.4, 0.5) is 14.5 Å². The molecule has 0 heterocycles. The number of nitrogens with one attached hydrogen (secondary N) is 1. The molecule has 0 spiro atoms. The number of carbonyl (C=O) groups excluding carboxylic acids is 1. The minimum absolute atomic E-state index is 0.0291. The third-order valence-electron chi connectivity index (χ3n) is 2.33. The van der Waals surface area contributed by atoms with Crippen LogP contribution in [-0.2, 0) is 16.0 Å². The number of halogens is 2. The van der Waals surface area contributed by atoms with Gasteiger partial charge in [0.1, 0.15) is 6.61 Å². The van der Waals surface area contributed by atoms with Crippen molar-refractivity contribution in [1.29, 1.82) is 0 Å². The average molecular weight is 302 g/mol. The van der Waals surface area contributed by atoms with Crippen molar-refractivity contribution in [1.82, 2.24) is 0 Å². The van der Waals surface area contributed by atoms with E-state index < -0.39 is 13.0 Å². The van der Waals surface area contributed by atoms with Crippen molar-refractivity contribution in [2.24, 2.45) is 5.73 Å². The van der Waals surface area contributed by atoms with Crippen LogP contribution in [0.2, 0.25) is 0 Å². The summed E-state index contributed by atoms with van der Waals surface area (Å²) in [5.41, 5.74) is 7.00. The molecule has 0 unspecified atom stereocenters. The predicted octanol–water partition coefficient (Wildman–Crippen LogP) is 2.13. The molecule has 3 N–H and O–H groups in total. The zero-order valence-corrected chi connectivity index (χ0v) is 11.6. The third-order valence-corrected chi connectivity index (χ3v) is 2.48. The van der Waals surface area contributed by atoms with Crippen molar-refractivity contribution >= 4 is 28.8 Å². The van der Waals surface area contributed by atoms with Gasteiger partial charge in [-0.15, -0.1) is 0 Å². The lowest BCUT2D eigenvalue weighted by Gasteiger charge is -2.07. The van der Waals surface area contributed by atoms with Gasteiger partial charge in [0.15, 0.2) is 0 Å². The summed E-state index contributed by atoms with van der Waals surface area (Å²) in [4.78, 5) is 11.9. The van der Waals surface area contributed by atoms with E-state index in [1.54, 1.807) is 12.1 Å². The highest BCUT2D eigenvalue weighted by Gasteiger charge is 2.05. The van der Waals surface area contributed by atoms with E-state index in [0.717, 1.165) is 5.56 Å². The Morgan fingerprint density at radius 2 is 2.00 bits per heavy atom. The predicted molar refractivity (Wildman–Crippen MR) is 77.0 cm³/mol. The number of rotatable bonds is 8. The van der Waals surface area contributed by atoms with Gasteiger partial charge in [0.2, 0.25) is 5.91 Å². The second kappa shape index (κ2) is 8.55. The SMILES string of the molecule is NC(=S)Cc1ccc(NC(=O)CCOCC(F)F)cc1. The Morgan fingerprint density at radius 1 is 1.35 bits per heavy atom. The third kappa shape index (κ3) is 7.10. The number of anilines is 1. The fourth-order valence-electron chi connectivity index (χ4n) is 1.47. The molecule has 0 saturated heterocycles. The molecule has 0 bridgehead atoms. The topological polar surface area (TPSA) is 64.3 Å². The molecule has 20 heavy (non-hydrogen) atoms. The van der Waals surface area contributed by atoms with Crippen LogP contribution in [0.15, 0.2) is 24.3 Å². The molecular formula is C13H16F2N2O2S. The standard InChI is InChI=1S/C13H16F2N2O2S/c14-11(15)8-19-6-5-13(18)17-10-3-1-9(2-4-10)7-12(16)20/h1-4,11H,5-8H2,(H2,16,20)(H,17,18). The summed E-state index contributed by atoms with van der Waals surface area (Å²) in [6.07, 6.45) is -1.98. The van der Waals surface area contributed by atoms with Crippen LogP contribution < -0.4 is 11.1 Å². The zero-order valence-electron chi connectivity index (χ0n) is 10.8. The van der Waals surface area contributed by atoms with Crippen LogP contribution in [0.3, 0.4) is 0 Å². The number of benzene rings is 1. The van der Waals surface area contributed by atoms with Gasteiger partial charge >= 0.3 is 0 Å². The summed E-state index contributed by atoms with van der Waals surface area (Å²) in [6.45, 7) is -0.684. The fraction of sp³-hybridized carbons (Fsp3) is 0.385. The van der Waals surface area contributed by atoms with Crippen LogP contribution in [0.1, 0.15) is 12.0 Å². The molecule has 4 nitrogen and oxygen atoms in total. The maximum atomic E-state index is 11.8. The second-order valence-corrected chi connectivity index (χ2v) is 4.63. The summed E-state index contributed by atoms with van der Waals surface area (Å²) in [5, 5.41) is 2.64. The quantitative estimate of drug-likeness (QED) is 0.570. The van der Waals surface area contributed by atoms with E-state index in [0.29, 0.717) is 17.1 Å². The van der Waals surface area contributed by atoms with Gasteiger partial charge < -0.3 is 15.8 Å². The Hall–Kier alpha value is -1.60. The Bertz CT molecular complexity index is 452. The molecule has 110 valence electrons. The molecular weight excluding hydrogens is 286 g/mol. The number of nitrogens with two attached hydrogens (primary N) is 1. The number of ether oxygens (including phenoxy) is 1. The highest BCUT2D eigenvalue weighted by molar-refractivity contribution is 7.80. The maximum absolute atomic E-state index is 11.8. The summed E-state index contributed by atoms with van der Waals surface area (Å²) >= 11 is 4.80. The van der Waals surface area contributed by atoms with E-state index in [1.165, 1.54) is 0 Å². The minimum Gasteiger partial charge on any atom is -0.393 e. The lowest BCUT2D eigenvalue weighted by atomic mass is 10.1. The molecule has 1 rings (SSSR count). The first kappa shape index (κ1) is 16.5. The van der Waals surface area contributed by atoms with E-state index in [-0.39, 0.29) is 18.9 Å². The van der Waals surface area contributed by atoms with Gasteiger partial charge in [0, 0.05) is 12.1 Å². The molecule has 0 aliphatic heterocycles. The minimum atomic E-state index is -2.51. The molecule has 0 atom stereocenters. The first-order valence-electron chi connectivity index (χ1n) is 6.00. The number of thiocarbonyl (C=S) groups is 1. The van der Waals surface area contributed by atoms with E-state index in [1.807, 2.05) is 12.1 Å². The Labute approximate surface area is 121 Å². The lowest BCUT2D eigenvalue weighted by molar-refractivity contribution is -0.117. The van der Waals surface area contributed by atoms with Crippen LogP contribution in [0.25, 0.3) is 0 Å². The summed E-state index contributed by atoms with van der Waals surface area (Å²) in [6, 6.07) is 7.07. The van der Waals surface area contributed by atoms with E-state index >= 15 is 0 Å². The van der Waals surface area contributed by atoms with Gasteiger partial charge in [-0.05, 0) is 17.7 Å². The van der Waals surface area contributed by atoms with Crippen molar-refractivity contribution in [2.75, 3.05) is 18.5 Å². The van der Waals surface area contributed by atoms with Crippen molar-refractivity contribution in [2.45, 2.75) is 19.3 Å². The molecule has 0 aliphatic rings. The first-order valence-corrected chi connectivity index (χ1v) is 6.41.